The summed E-state index contributed by atoms with van der Waals surface area (Å²) in [6.45, 7) is 6.12. The molecule has 8 heteroatoms. The molecule has 1 aromatic heterocycles. The van der Waals surface area contributed by atoms with Crippen LogP contribution < -0.4 is 5.32 Å². The molecule has 3 heterocycles. The summed E-state index contributed by atoms with van der Waals surface area (Å²) >= 11 is 0. The van der Waals surface area contributed by atoms with E-state index in [2.05, 4.69) is 15.3 Å². The van der Waals surface area contributed by atoms with Gasteiger partial charge in [-0.2, -0.15) is 0 Å². The molecule has 2 aliphatic heterocycles. The average molecular weight is 440 g/mol. The lowest BCUT2D eigenvalue weighted by molar-refractivity contribution is -0.117. The molecule has 1 aromatic carbocycles. The van der Waals surface area contributed by atoms with Crippen LogP contribution in [0.3, 0.4) is 0 Å². The van der Waals surface area contributed by atoms with Crippen LogP contribution in [0.25, 0.3) is 5.57 Å². The summed E-state index contributed by atoms with van der Waals surface area (Å²) in [4.78, 5) is 23.8. The summed E-state index contributed by atoms with van der Waals surface area (Å²) in [5.74, 6) is -0.939. The molecular weight excluding hydrogens is 417 g/mol. The van der Waals surface area contributed by atoms with Gasteiger partial charge in [-0.3, -0.25) is 14.8 Å². The fourth-order valence-electron chi connectivity index (χ4n) is 3.85. The van der Waals surface area contributed by atoms with Crippen molar-refractivity contribution in [2.45, 2.75) is 38.8 Å². The number of benzene rings is 1. The number of aliphatic imine (C=N–C) groups is 1. The van der Waals surface area contributed by atoms with Gasteiger partial charge in [0.15, 0.2) is 0 Å². The van der Waals surface area contributed by atoms with Crippen molar-refractivity contribution < 1.29 is 18.0 Å². The lowest BCUT2D eigenvalue weighted by atomic mass is 9.96. The number of halogens is 3. The molecule has 0 fully saturated rings. The Hall–Kier alpha value is -3.42. The first kappa shape index (κ1) is 21.8. The maximum absolute atomic E-state index is 14.6. The highest BCUT2D eigenvalue weighted by atomic mass is 19.3. The van der Waals surface area contributed by atoms with Crippen LogP contribution in [0, 0.1) is 5.82 Å². The first-order valence-corrected chi connectivity index (χ1v) is 10.2. The van der Waals surface area contributed by atoms with Crippen molar-refractivity contribution >= 4 is 17.3 Å². The number of rotatable bonds is 5. The number of fused-ring (bicyclic) bond motifs is 1. The summed E-state index contributed by atoms with van der Waals surface area (Å²) in [5, 5.41) is 2.75. The molecule has 32 heavy (non-hydrogen) atoms. The Bertz CT molecular complexity index is 1140. The van der Waals surface area contributed by atoms with Crippen molar-refractivity contribution in [3.05, 3.63) is 83.1 Å². The molecule has 1 amide bonds. The molecule has 0 spiro atoms. The number of alkyl halides is 2. The topological polar surface area (TPSA) is 57.6 Å². The van der Waals surface area contributed by atoms with Gasteiger partial charge in [0.05, 0.1) is 29.3 Å². The molecule has 0 radical (unpaired) electrons. The molecule has 4 rings (SSSR count). The Morgan fingerprint density at radius 2 is 1.84 bits per heavy atom. The number of hydrogen-bond acceptors (Lipinski definition) is 4. The molecule has 5 nitrogen and oxygen atoms in total. The van der Waals surface area contributed by atoms with Crippen LogP contribution >= 0.6 is 0 Å². The van der Waals surface area contributed by atoms with E-state index in [1.807, 2.05) is 37.1 Å². The van der Waals surface area contributed by atoms with Crippen LogP contribution in [0.4, 0.5) is 13.2 Å². The van der Waals surface area contributed by atoms with Crippen molar-refractivity contribution in [1.82, 2.24) is 15.2 Å². The predicted octanol–water partition coefficient (Wildman–Crippen LogP) is 4.81. The Morgan fingerprint density at radius 1 is 1.16 bits per heavy atom. The molecule has 1 atom stereocenters. The van der Waals surface area contributed by atoms with E-state index in [0.29, 0.717) is 18.0 Å². The van der Waals surface area contributed by atoms with Crippen molar-refractivity contribution in [3.8, 4) is 0 Å². The second-order valence-electron chi connectivity index (χ2n) is 8.45. The van der Waals surface area contributed by atoms with Gasteiger partial charge in [0.25, 0.3) is 12.3 Å². The second kappa shape index (κ2) is 8.26. The zero-order valence-corrected chi connectivity index (χ0v) is 17.9. The Balaban J connectivity index is 1.66. The standard InChI is InChI=1S/C24H23F3N4O/c1-14(17-5-4-6-18(20(17)25)21(26)27)30-23(32)19-11-16(15-7-9-28-10-8-15)12-31-22(19)29-13-24(31,2)3/h4-12,14,21H,13H2,1-3H3,(H,30,32)/t14-/m1/s1. The largest absolute Gasteiger partial charge is 0.345 e. The summed E-state index contributed by atoms with van der Waals surface area (Å²) < 4.78 is 40.7. The molecule has 2 aliphatic rings. The van der Waals surface area contributed by atoms with E-state index in [1.54, 1.807) is 25.4 Å². The quantitative estimate of drug-likeness (QED) is 0.726. The van der Waals surface area contributed by atoms with Gasteiger partial charge in [0.2, 0.25) is 0 Å². The van der Waals surface area contributed by atoms with E-state index in [-0.39, 0.29) is 11.1 Å². The smallest absolute Gasteiger partial charge is 0.266 e. The maximum atomic E-state index is 14.6. The highest BCUT2D eigenvalue weighted by molar-refractivity contribution is 6.24. The molecular formula is C24H23F3N4O. The van der Waals surface area contributed by atoms with E-state index in [0.717, 1.165) is 17.2 Å². The van der Waals surface area contributed by atoms with E-state index >= 15 is 0 Å². The van der Waals surface area contributed by atoms with E-state index in [9.17, 15) is 18.0 Å². The molecule has 0 saturated heterocycles. The SMILES string of the molecule is C[C@@H](NC(=O)C1=CC(c2ccncc2)=CN2C1=NCC2(C)C)c1cccc(C(F)F)c1F. The molecule has 2 aromatic rings. The molecule has 0 unspecified atom stereocenters. The highest BCUT2D eigenvalue weighted by Crippen LogP contribution is 2.34. The third-order valence-corrected chi connectivity index (χ3v) is 5.67. The number of allylic oxidation sites excluding steroid dienone is 2. The summed E-state index contributed by atoms with van der Waals surface area (Å²) in [7, 11) is 0. The van der Waals surface area contributed by atoms with Crippen molar-refractivity contribution in [2.75, 3.05) is 6.54 Å². The molecule has 0 aliphatic carbocycles. The number of hydrogen-bond donors (Lipinski definition) is 1. The maximum Gasteiger partial charge on any atom is 0.266 e. The first-order chi connectivity index (χ1) is 15.2. The van der Waals surface area contributed by atoms with E-state index in [4.69, 9.17) is 0 Å². The van der Waals surface area contributed by atoms with Gasteiger partial charge in [-0.15, -0.1) is 0 Å². The zero-order chi connectivity index (χ0) is 23.0. The normalized spacial score (nSPS) is 18.0. The molecule has 166 valence electrons. The number of aromatic nitrogens is 1. The van der Waals surface area contributed by atoms with Gasteiger partial charge in [-0.1, -0.05) is 18.2 Å². The number of carbonyl (C=O) groups is 1. The summed E-state index contributed by atoms with van der Waals surface area (Å²) in [6, 6.07) is 6.67. The summed E-state index contributed by atoms with van der Waals surface area (Å²) in [5.41, 5.74) is 1.03. The second-order valence-corrected chi connectivity index (χ2v) is 8.45. The van der Waals surface area contributed by atoms with Crippen LogP contribution in [-0.4, -0.2) is 33.7 Å². The lowest BCUT2D eigenvalue weighted by Gasteiger charge is -2.34. The Labute approximate surface area is 184 Å². The first-order valence-electron chi connectivity index (χ1n) is 10.2. The minimum Gasteiger partial charge on any atom is -0.345 e. The van der Waals surface area contributed by atoms with Crippen LogP contribution in [-0.2, 0) is 4.79 Å². The lowest BCUT2D eigenvalue weighted by Crippen LogP contribution is -2.45. The number of carbonyl (C=O) groups excluding carboxylic acids is 1. The van der Waals surface area contributed by atoms with Gasteiger partial charge >= 0.3 is 0 Å². The minimum absolute atomic E-state index is 0.00278. The van der Waals surface area contributed by atoms with Crippen LogP contribution in [0.2, 0.25) is 0 Å². The van der Waals surface area contributed by atoms with Gasteiger partial charge in [0, 0.05) is 24.2 Å². The molecule has 0 bridgehead atoms. The minimum atomic E-state index is -2.93. The monoisotopic (exact) mass is 440 g/mol. The van der Waals surface area contributed by atoms with Gasteiger partial charge in [-0.25, -0.2) is 13.2 Å². The van der Waals surface area contributed by atoms with Crippen molar-refractivity contribution in [1.29, 1.82) is 0 Å². The average Bonchev–Trinajstić information content (AvgIpc) is 3.08. The van der Waals surface area contributed by atoms with E-state index < -0.39 is 29.8 Å². The third kappa shape index (κ3) is 3.92. The van der Waals surface area contributed by atoms with Gasteiger partial charge < -0.3 is 10.2 Å². The van der Waals surface area contributed by atoms with Gasteiger partial charge in [-0.05, 0) is 50.1 Å². The van der Waals surface area contributed by atoms with Crippen LogP contribution in [0.15, 0.2) is 65.6 Å². The number of pyridine rings is 1. The third-order valence-electron chi connectivity index (χ3n) is 5.67. The number of nitrogens with zero attached hydrogens (tertiary/aromatic N) is 3. The van der Waals surface area contributed by atoms with Crippen LogP contribution in [0.5, 0.6) is 0 Å². The van der Waals surface area contributed by atoms with Gasteiger partial charge in [0.1, 0.15) is 11.7 Å². The van der Waals surface area contributed by atoms with Crippen molar-refractivity contribution in [2.24, 2.45) is 4.99 Å². The van der Waals surface area contributed by atoms with Crippen LogP contribution in [0.1, 0.15) is 49.9 Å². The Kier molecular flexibility index (Phi) is 5.62. The highest BCUT2D eigenvalue weighted by Gasteiger charge is 2.39. The van der Waals surface area contributed by atoms with E-state index in [1.165, 1.54) is 12.1 Å². The number of amidine groups is 1. The number of amides is 1. The summed E-state index contributed by atoms with van der Waals surface area (Å²) in [6.07, 6.45) is 4.09. The predicted molar refractivity (Wildman–Crippen MR) is 116 cm³/mol. The zero-order valence-electron chi connectivity index (χ0n) is 17.9. The van der Waals surface area contributed by atoms with Crippen molar-refractivity contribution in [3.63, 3.8) is 0 Å². The Morgan fingerprint density at radius 3 is 2.53 bits per heavy atom. The fourth-order valence-corrected chi connectivity index (χ4v) is 3.85. The molecule has 1 N–H and O–H groups in total. The molecule has 0 saturated carbocycles. The fraction of sp³-hybridized carbons (Fsp3) is 0.292. The number of nitrogens with one attached hydrogen (secondary N) is 1.